The van der Waals surface area contributed by atoms with E-state index in [9.17, 15) is 4.79 Å². The summed E-state index contributed by atoms with van der Waals surface area (Å²) in [5, 5.41) is 11.6. The number of hydrogen-bond donors (Lipinski definition) is 2. The van der Waals surface area contributed by atoms with Crippen LogP contribution in [0.2, 0.25) is 0 Å². The Balaban J connectivity index is 1.70. The van der Waals surface area contributed by atoms with Gasteiger partial charge in [0.2, 0.25) is 5.91 Å². The Bertz CT molecular complexity index is 887. The minimum atomic E-state index is 0.0396. The van der Waals surface area contributed by atoms with E-state index in [2.05, 4.69) is 36.6 Å². The van der Waals surface area contributed by atoms with Crippen LogP contribution in [0.5, 0.6) is 0 Å². The van der Waals surface area contributed by atoms with Crippen molar-refractivity contribution >= 4 is 11.9 Å². The molecule has 0 bridgehead atoms. The van der Waals surface area contributed by atoms with Crippen molar-refractivity contribution in [3.05, 3.63) is 47.3 Å². The van der Waals surface area contributed by atoms with Crippen LogP contribution in [0.3, 0.4) is 0 Å². The van der Waals surface area contributed by atoms with Gasteiger partial charge in [-0.05, 0) is 39.3 Å². The predicted octanol–water partition coefficient (Wildman–Crippen LogP) is 2.80. The number of aryl methyl sites for hydroxylation is 1. The van der Waals surface area contributed by atoms with E-state index in [0.29, 0.717) is 6.54 Å². The number of rotatable bonds is 6. The maximum atomic E-state index is 12.3. The summed E-state index contributed by atoms with van der Waals surface area (Å²) in [5.41, 5.74) is 4.29. The lowest BCUT2D eigenvalue weighted by Crippen LogP contribution is -2.45. The van der Waals surface area contributed by atoms with Crippen molar-refractivity contribution in [1.29, 1.82) is 0 Å². The van der Waals surface area contributed by atoms with Crippen LogP contribution in [-0.2, 0) is 11.3 Å². The number of nitrogens with zero attached hydrogens (tertiary/aromatic N) is 4. The smallest absolute Gasteiger partial charge is 0.225 e. The minimum absolute atomic E-state index is 0.0396. The highest BCUT2D eigenvalue weighted by Crippen LogP contribution is 2.19. The van der Waals surface area contributed by atoms with Crippen LogP contribution in [0.15, 0.2) is 35.3 Å². The van der Waals surface area contributed by atoms with Crippen LogP contribution in [0.25, 0.3) is 5.69 Å². The van der Waals surface area contributed by atoms with Gasteiger partial charge in [0.15, 0.2) is 5.96 Å². The first kappa shape index (κ1) is 21.9. The van der Waals surface area contributed by atoms with Crippen molar-refractivity contribution in [3.8, 4) is 5.69 Å². The summed E-state index contributed by atoms with van der Waals surface area (Å²) >= 11 is 0. The molecule has 1 aliphatic heterocycles. The van der Waals surface area contributed by atoms with Gasteiger partial charge in [-0.25, -0.2) is 9.67 Å². The summed E-state index contributed by atoms with van der Waals surface area (Å²) in [4.78, 5) is 19.0. The van der Waals surface area contributed by atoms with E-state index < -0.39 is 0 Å². The number of guanidine groups is 1. The number of hydrogen-bond acceptors (Lipinski definition) is 3. The van der Waals surface area contributed by atoms with Crippen molar-refractivity contribution in [1.82, 2.24) is 25.3 Å². The van der Waals surface area contributed by atoms with Gasteiger partial charge in [0.05, 0.1) is 17.9 Å². The second-order valence-electron chi connectivity index (χ2n) is 8.16. The Labute approximate surface area is 179 Å². The molecule has 1 saturated heterocycles. The van der Waals surface area contributed by atoms with Gasteiger partial charge in [0.1, 0.15) is 0 Å². The third kappa shape index (κ3) is 5.01. The molecular formula is C23H34N6O. The standard InChI is InChI=1S/C23H34N6O/c1-6-24-23(26-19-12-13-28(15-19)22(30)16(2)3)25-14-21-17(4)27-29(18(21)5)20-10-8-7-9-11-20/h7-11,16,19H,6,12-15H2,1-5H3,(H2,24,25,26). The Morgan fingerprint density at radius 1 is 1.27 bits per heavy atom. The molecule has 0 spiro atoms. The molecule has 0 saturated carbocycles. The summed E-state index contributed by atoms with van der Waals surface area (Å²) in [6.07, 6.45) is 0.937. The number of carbonyl (C=O) groups excluding carboxylic acids is 1. The maximum absolute atomic E-state index is 12.3. The number of aromatic nitrogens is 2. The predicted molar refractivity (Wildman–Crippen MR) is 121 cm³/mol. The zero-order chi connectivity index (χ0) is 21.7. The fraction of sp³-hybridized carbons (Fsp3) is 0.522. The molecule has 1 fully saturated rings. The normalized spacial score (nSPS) is 16.9. The Kier molecular flexibility index (Phi) is 7.13. The summed E-state index contributed by atoms with van der Waals surface area (Å²) < 4.78 is 1.98. The molecule has 0 radical (unpaired) electrons. The van der Waals surface area contributed by atoms with Gasteiger partial charge in [-0.2, -0.15) is 5.10 Å². The lowest BCUT2D eigenvalue weighted by atomic mass is 10.2. The molecule has 1 atom stereocenters. The third-order valence-corrected chi connectivity index (χ3v) is 5.52. The van der Waals surface area contributed by atoms with Crippen molar-refractivity contribution in [2.45, 2.75) is 53.6 Å². The molecule has 30 heavy (non-hydrogen) atoms. The molecule has 2 heterocycles. The first-order chi connectivity index (χ1) is 14.4. The molecule has 0 aliphatic carbocycles. The van der Waals surface area contributed by atoms with Gasteiger partial charge in [-0.3, -0.25) is 4.79 Å². The monoisotopic (exact) mass is 410 g/mol. The molecule has 1 aromatic heterocycles. The Morgan fingerprint density at radius 2 is 2.00 bits per heavy atom. The molecule has 7 heteroatoms. The highest BCUT2D eigenvalue weighted by molar-refractivity contribution is 5.81. The average molecular weight is 411 g/mol. The number of aliphatic imine (C=N–C) groups is 1. The second kappa shape index (κ2) is 9.78. The summed E-state index contributed by atoms with van der Waals surface area (Å²) in [6.45, 7) is 13.0. The molecule has 2 N–H and O–H groups in total. The Morgan fingerprint density at radius 3 is 2.67 bits per heavy atom. The molecule has 1 aliphatic rings. The number of para-hydroxylation sites is 1. The molecule has 162 valence electrons. The number of amides is 1. The van der Waals surface area contributed by atoms with E-state index in [0.717, 1.165) is 54.7 Å². The molecule has 1 unspecified atom stereocenters. The van der Waals surface area contributed by atoms with Gasteiger partial charge >= 0.3 is 0 Å². The van der Waals surface area contributed by atoms with Gasteiger partial charge in [-0.15, -0.1) is 0 Å². The van der Waals surface area contributed by atoms with Crippen molar-refractivity contribution in [2.75, 3.05) is 19.6 Å². The van der Waals surface area contributed by atoms with E-state index >= 15 is 0 Å². The third-order valence-electron chi connectivity index (χ3n) is 5.52. The highest BCUT2D eigenvalue weighted by Gasteiger charge is 2.28. The van der Waals surface area contributed by atoms with E-state index in [1.165, 1.54) is 0 Å². The largest absolute Gasteiger partial charge is 0.357 e. The van der Waals surface area contributed by atoms with E-state index in [1.807, 2.05) is 48.6 Å². The minimum Gasteiger partial charge on any atom is -0.357 e. The quantitative estimate of drug-likeness (QED) is 0.567. The molecule has 3 rings (SSSR count). The van der Waals surface area contributed by atoms with Crippen LogP contribution in [-0.4, -0.2) is 52.2 Å². The molecular weight excluding hydrogens is 376 g/mol. The molecule has 2 aromatic rings. The summed E-state index contributed by atoms with van der Waals surface area (Å²) in [6, 6.07) is 10.4. The highest BCUT2D eigenvalue weighted by atomic mass is 16.2. The molecule has 1 amide bonds. The fourth-order valence-corrected chi connectivity index (χ4v) is 3.84. The second-order valence-corrected chi connectivity index (χ2v) is 8.16. The van der Waals surface area contributed by atoms with Crippen molar-refractivity contribution < 1.29 is 4.79 Å². The van der Waals surface area contributed by atoms with Crippen LogP contribution in [0.1, 0.15) is 44.1 Å². The van der Waals surface area contributed by atoms with Crippen LogP contribution >= 0.6 is 0 Å². The van der Waals surface area contributed by atoms with Gasteiger partial charge in [0.25, 0.3) is 0 Å². The van der Waals surface area contributed by atoms with E-state index in [-0.39, 0.29) is 17.9 Å². The summed E-state index contributed by atoms with van der Waals surface area (Å²) in [5.74, 6) is 1.05. The zero-order valence-electron chi connectivity index (χ0n) is 18.8. The number of carbonyl (C=O) groups is 1. The van der Waals surface area contributed by atoms with E-state index in [4.69, 9.17) is 10.1 Å². The fourth-order valence-electron chi connectivity index (χ4n) is 3.84. The number of benzene rings is 1. The van der Waals surface area contributed by atoms with Crippen LogP contribution in [0, 0.1) is 19.8 Å². The molecule has 1 aromatic carbocycles. The zero-order valence-corrected chi connectivity index (χ0v) is 18.8. The topological polar surface area (TPSA) is 74.6 Å². The summed E-state index contributed by atoms with van der Waals surface area (Å²) in [7, 11) is 0. The van der Waals surface area contributed by atoms with E-state index in [1.54, 1.807) is 0 Å². The SMILES string of the molecule is CCNC(=NCc1c(C)nn(-c2ccccc2)c1C)NC1CCN(C(=O)C(C)C)C1. The Hall–Kier alpha value is -2.83. The van der Waals surface area contributed by atoms with Gasteiger partial charge < -0.3 is 15.5 Å². The van der Waals surface area contributed by atoms with Gasteiger partial charge in [-0.1, -0.05) is 32.0 Å². The molecule has 7 nitrogen and oxygen atoms in total. The van der Waals surface area contributed by atoms with Crippen LogP contribution < -0.4 is 10.6 Å². The van der Waals surface area contributed by atoms with Gasteiger partial charge in [0, 0.05) is 42.9 Å². The number of likely N-dealkylation sites (tertiary alicyclic amines) is 1. The first-order valence-corrected chi connectivity index (χ1v) is 10.8. The lowest BCUT2D eigenvalue weighted by Gasteiger charge is -2.20. The maximum Gasteiger partial charge on any atom is 0.225 e. The number of nitrogens with one attached hydrogen (secondary N) is 2. The van der Waals surface area contributed by atoms with Crippen molar-refractivity contribution in [2.24, 2.45) is 10.9 Å². The van der Waals surface area contributed by atoms with Crippen molar-refractivity contribution in [3.63, 3.8) is 0 Å². The average Bonchev–Trinajstić information content (AvgIpc) is 3.31. The lowest BCUT2D eigenvalue weighted by molar-refractivity contribution is -0.133. The first-order valence-electron chi connectivity index (χ1n) is 10.8. The van der Waals surface area contributed by atoms with Crippen LogP contribution in [0.4, 0.5) is 0 Å².